The van der Waals surface area contributed by atoms with Gasteiger partial charge < -0.3 is 15.5 Å². The Balaban J connectivity index is 1.37. The van der Waals surface area contributed by atoms with E-state index < -0.39 is 11.7 Å². The molecule has 25 heavy (non-hydrogen) atoms. The number of hydrogen-bond donors (Lipinski definition) is 2. The van der Waals surface area contributed by atoms with Crippen molar-refractivity contribution in [2.45, 2.75) is 19.3 Å². The summed E-state index contributed by atoms with van der Waals surface area (Å²) in [5.41, 5.74) is -0.0223. The molecule has 134 valence electrons. The lowest BCUT2D eigenvalue weighted by atomic mass is 10.1. The molecule has 2 fully saturated rings. The summed E-state index contributed by atoms with van der Waals surface area (Å²) in [4.78, 5) is 37.7. The van der Waals surface area contributed by atoms with Gasteiger partial charge in [0, 0.05) is 32.6 Å². The summed E-state index contributed by atoms with van der Waals surface area (Å²) in [7, 11) is 0. The number of nitrogens with zero attached hydrogens (tertiary/aromatic N) is 1. The van der Waals surface area contributed by atoms with Crippen LogP contribution in [0.5, 0.6) is 0 Å². The van der Waals surface area contributed by atoms with Crippen LogP contribution in [0.4, 0.5) is 4.39 Å². The standard InChI is InChI=1S/C18H22FN3O3/c19-15-4-2-1-3-14(15)18(25)21-8-7-20-17(24)13-9-16(23)22(11-13)10-12-5-6-12/h1-4,12-13H,5-11H2,(H,20,24)(H,21,25)/t13-/m1/s1. The van der Waals surface area contributed by atoms with Crippen LogP contribution in [0.2, 0.25) is 0 Å². The van der Waals surface area contributed by atoms with Gasteiger partial charge in [-0.05, 0) is 30.9 Å². The van der Waals surface area contributed by atoms with E-state index in [1.165, 1.54) is 31.0 Å². The van der Waals surface area contributed by atoms with Crippen molar-refractivity contribution in [3.05, 3.63) is 35.6 Å². The van der Waals surface area contributed by atoms with Gasteiger partial charge in [0.05, 0.1) is 11.5 Å². The third-order valence-corrected chi connectivity index (χ3v) is 4.59. The van der Waals surface area contributed by atoms with Crippen LogP contribution in [0.25, 0.3) is 0 Å². The Morgan fingerprint density at radius 1 is 1.16 bits per heavy atom. The summed E-state index contributed by atoms with van der Waals surface area (Å²) in [5, 5.41) is 5.30. The van der Waals surface area contributed by atoms with E-state index in [2.05, 4.69) is 10.6 Å². The molecule has 2 aliphatic rings. The van der Waals surface area contributed by atoms with Crippen LogP contribution >= 0.6 is 0 Å². The number of carbonyl (C=O) groups excluding carboxylic acids is 3. The molecule has 0 spiro atoms. The second-order valence-electron chi connectivity index (χ2n) is 6.67. The first-order valence-electron chi connectivity index (χ1n) is 8.63. The summed E-state index contributed by atoms with van der Waals surface area (Å²) in [5.74, 6) is -0.942. The van der Waals surface area contributed by atoms with Crippen LogP contribution in [-0.2, 0) is 9.59 Å². The van der Waals surface area contributed by atoms with Gasteiger partial charge in [-0.2, -0.15) is 0 Å². The summed E-state index contributed by atoms with van der Waals surface area (Å²) < 4.78 is 13.5. The molecule has 1 aromatic rings. The molecule has 6 nitrogen and oxygen atoms in total. The maximum atomic E-state index is 13.5. The normalized spacial score (nSPS) is 19.8. The predicted octanol–water partition coefficient (Wildman–Crippen LogP) is 0.930. The topological polar surface area (TPSA) is 78.5 Å². The summed E-state index contributed by atoms with van der Waals surface area (Å²) in [6.45, 7) is 1.68. The molecule has 2 N–H and O–H groups in total. The highest BCUT2D eigenvalue weighted by molar-refractivity contribution is 5.94. The first kappa shape index (κ1) is 17.4. The Morgan fingerprint density at radius 2 is 1.88 bits per heavy atom. The molecule has 3 amide bonds. The minimum absolute atomic E-state index is 0.0223. The molecule has 1 aliphatic carbocycles. The SMILES string of the molecule is O=C(NCCNC(=O)[C@@H]1CC(=O)N(CC2CC2)C1)c1ccccc1F. The molecule has 0 radical (unpaired) electrons. The van der Waals surface area contributed by atoms with Gasteiger partial charge in [0.2, 0.25) is 11.8 Å². The van der Waals surface area contributed by atoms with E-state index in [1.807, 2.05) is 0 Å². The fourth-order valence-corrected chi connectivity index (χ4v) is 2.98. The fraction of sp³-hybridized carbons (Fsp3) is 0.500. The summed E-state index contributed by atoms with van der Waals surface area (Å²) >= 11 is 0. The molecule has 1 saturated carbocycles. The lowest BCUT2D eigenvalue weighted by molar-refractivity contribution is -0.129. The number of carbonyl (C=O) groups is 3. The highest BCUT2D eigenvalue weighted by atomic mass is 19.1. The number of hydrogen-bond acceptors (Lipinski definition) is 3. The summed E-state index contributed by atoms with van der Waals surface area (Å²) in [6, 6.07) is 5.73. The molecule has 3 rings (SSSR count). The third-order valence-electron chi connectivity index (χ3n) is 4.59. The van der Waals surface area contributed by atoms with Crippen LogP contribution < -0.4 is 10.6 Å². The van der Waals surface area contributed by atoms with E-state index in [4.69, 9.17) is 0 Å². The van der Waals surface area contributed by atoms with Crippen LogP contribution in [0.15, 0.2) is 24.3 Å². The van der Waals surface area contributed by atoms with E-state index in [0.717, 1.165) is 6.54 Å². The van der Waals surface area contributed by atoms with Gasteiger partial charge >= 0.3 is 0 Å². The lowest BCUT2D eigenvalue weighted by Gasteiger charge is -2.16. The highest BCUT2D eigenvalue weighted by Gasteiger charge is 2.36. The Kier molecular flexibility index (Phi) is 5.31. The first-order chi connectivity index (χ1) is 12.0. The molecular weight excluding hydrogens is 325 g/mol. The van der Waals surface area contributed by atoms with Crippen molar-refractivity contribution in [3.8, 4) is 0 Å². The van der Waals surface area contributed by atoms with Gasteiger partial charge in [0.25, 0.3) is 5.91 Å². The van der Waals surface area contributed by atoms with Gasteiger partial charge in [-0.15, -0.1) is 0 Å². The van der Waals surface area contributed by atoms with Crippen molar-refractivity contribution in [2.75, 3.05) is 26.2 Å². The number of halogens is 1. The summed E-state index contributed by atoms with van der Waals surface area (Å²) in [6.07, 6.45) is 2.59. The monoisotopic (exact) mass is 347 g/mol. The molecule has 1 heterocycles. The van der Waals surface area contributed by atoms with E-state index in [-0.39, 0.29) is 42.8 Å². The molecule has 0 bridgehead atoms. The predicted molar refractivity (Wildman–Crippen MR) is 89.2 cm³/mol. The molecule has 1 atom stereocenters. The van der Waals surface area contributed by atoms with E-state index in [1.54, 1.807) is 11.0 Å². The molecule has 0 aromatic heterocycles. The van der Waals surface area contributed by atoms with Crippen LogP contribution in [0.1, 0.15) is 29.6 Å². The average Bonchev–Trinajstić information content (AvgIpc) is 3.33. The van der Waals surface area contributed by atoms with Gasteiger partial charge in [-0.25, -0.2) is 4.39 Å². The Morgan fingerprint density at radius 3 is 2.60 bits per heavy atom. The van der Waals surface area contributed by atoms with Crippen LogP contribution in [-0.4, -0.2) is 48.8 Å². The Hall–Kier alpha value is -2.44. The van der Waals surface area contributed by atoms with Gasteiger partial charge in [0.1, 0.15) is 5.82 Å². The third kappa shape index (κ3) is 4.55. The Labute approximate surface area is 145 Å². The maximum absolute atomic E-state index is 13.5. The second-order valence-corrected chi connectivity index (χ2v) is 6.67. The second kappa shape index (κ2) is 7.63. The van der Waals surface area contributed by atoms with Crippen molar-refractivity contribution < 1.29 is 18.8 Å². The number of likely N-dealkylation sites (tertiary alicyclic amines) is 1. The maximum Gasteiger partial charge on any atom is 0.254 e. The lowest BCUT2D eigenvalue weighted by Crippen LogP contribution is -2.38. The van der Waals surface area contributed by atoms with Gasteiger partial charge in [0.15, 0.2) is 0 Å². The molecular formula is C18H22FN3O3. The zero-order chi connectivity index (χ0) is 17.8. The molecule has 1 aliphatic heterocycles. The minimum Gasteiger partial charge on any atom is -0.354 e. The van der Waals surface area contributed by atoms with Crippen molar-refractivity contribution in [1.82, 2.24) is 15.5 Å². The average molecular weight is 347 g/mol. The quantitative estimate of drug-likeness (QED) is 0.720. The van der Waals surface area contributed by atoms with E-state index >= 15 is 0 Å². The number of benzene rings is 1. The number of nitrogens with one attached hydrogen (secondary N) is 2. The Bertz CT molecular complexity index is 675. The van der Waals surface area contributed by atoms with Gasteiger partial charge in [-0.3, -0.25) is 14.4 Å². The number of rotatable bonds is 7. The van der Waals surface area contributed by atoms with Crippen molar-refractivity contribution in [1.29, 1.82) is 0 Å². The van der Waals surface area contributed by atoms with Crippen molar-refractivity contribution >= 4 is 17.7 Å². The van der Waals surface area contributed by atoms with Crippen LogP contribution in [0, 0.1) is 17.7 Å². The van der Waals surface area contributed by atoms with Gasteiger partial charge in [-0.1, -0.05) is 12.1 Å². The van der Waals surface area contributed by atoms with E-state index in [0.29, 0.717) is 12.5 Å². The fourth-order valence-electron chi connectivity index (χ4n) is 2.98. The minimum atomic E-state index is -0.579. The largest absolute Gasteiger partial charge is 0.354 e. The molecule has 1 aromatic carbocycles. The van der Waals surface area contributed by atoms with Crippen molar-refractivity contribution in [2.24, 2.45) is 11.8 Å². The zero-order valence-corrected chi connectivity index (χ0v) is 14.0. The first-order valence-corrected chi connectivity index (χ1v) is 8.63. The molecule has 0 unspecified atom stereocenters. The van der Waals surface area contributed by atoms with Crippen molar-refractivity contribution in [3.63, 3.8) is 0 Å². The molecule has 7 heteroatoms. The highest BCUT2D eigenvalue weighted by Crippen LogP contribution is 2.31. The van der Waals surface area contributed by atoms with E-state index in [9.17, 15) is 18.8 Å². The van der Waals surface area contributed by atoms with Crippen LogP contribution in [0.3, 0.4) is 0 Å². The number of amides is 3. The molecule has 1 saturated heterocycles. The smallest absolute Gasteiger partial charge is 0.254 e. The zero-order valence-electron chi connectivity index (χ0n) is 14.0.